The Hall–Kier alpha value is -0.720. The highest BCUT2D eigenvalue weighted by molar-refractivity contribution is 5.20. The molecular formula is C7H10O. The van der Waals surface area contributed by atoms with Crippen molar-refractivity contribution in [2.24, 2.45) is 0 Å². The van der Waals surface area contributed by atoms with Crippen molar-refractivity contribution in [3.8, 4) is 0 Å². The van der Waals surface area contributed by atoms with Crippen molar-refractivity contribution in [1.29, 1.82) is 0 Å². The van der Waals surface area contributed by atoms with Gasteiger partial charge in [-0.05, 0) is 31.6 Å². The third-order valence-corrected chi connectivity index (χ3v) is 1.10. The molecule has 1 rings (SSSR count). The molecule has 0 amide bonds. The molecule has 0 aliphatic carbocycles. The van der Waals surface area contributed by atoms with Gasteiger partial charge in [0.2, 0.25) is 0 Å². The van der Waals surface area contributed by atoms with Crippen LogP contribution < -0.4 is 0 Å². The average molecular weight is 110 g/mol. The standard InChI is InChI=1S/C7H10O/c1-6(2)7-4-3-5-8-7/h3-4H,5H2,1-2H3. The number of allylic oxidation sites excluding steroid dienone is 2. The summed E-state index contributed by atoms with van der Waals surface area (Å²) < 4.78 is 5.18. The van der Waals surface area contributed by atoms with E-state index in [1.807, 2.05) is 26.0 Å². The van der Waals surface area contributed by atoms with Crippen molar-refractivity contribution < 1.29 is 4.74 Å². The zero-order chi connectivity index (χ0) is 5.98. The van der Waals surface area contributed by atoms with Gasteiger partial charge in [-0.1, -0.05) is 0 Å². The zero-order valence-corrected chi connectivity index (χ0v) is 5.27. The molecule has 0 aromatic carbocycles. The van der Waals surface area contributed by atoms with E-state index in [0.29, 0.717) is 0 Å². The van der Waals surface area contributed by atoms with Crippen molar-refractivity contribution >= 4 is 0 Å². The Balaban J connectivity index is 2.73. The van der Waals surface area contributed by atoms with Gasteiger partial charge >= 0.3 is 0 Å². The minimum Gasteiger partial charge on any atom is -0.490 e. The number of hydrogen-bond donors (Lipinski definition) is 0. The van der Waals surface area contributed by atoms with Crippen molar-refractivity contribution in [1.82, 2.24) is 0 Å². The molecule has 8 heavy (non-hydrogen) atoms. The van der Waals surface area contributed by atoms with Crippen LogP contribution in [0.15, 0.2) is 23.5 Å². The summed E-state index contributed by atoms with van der Waals surface area (Å²) in [6.45, 7) is 4.84. The summed E-state index contributed by atoms with van der Waals surface area (Å²) in [6.07, 6.45) is 4.03. The first-order chi connectivity index (χ1) is 3.80. The fourth-order valence-electron chi connectivity index (χ4n) is 0.652. The topological polar surface area (TPSA) is 9.23 Å². The first-order valence-electron chi connectivity index (χ1n) is 2.77. The smallest absolute Gasteiger partial charge is 0.118 e. The van der Waals surface area contributed by atoms with Crippen LogP contribution in [0, 0.1) is 0 Å². The Morgan fingerprint density at radius 3 is 2.62 bits per heavy atom. The van der Waals surface area contributed by atoms with E-state index in [9.17, 15) is 0 Å². The monoisotopic (exact) mass is 110 g/mol. The van der Waals surface area contributed by atoms with Crippen LogP contribution in [0.1, 0.15) is 13.8 Å². The van der Waals surface area contributed by atoms with Gasteiger partial charge in [0, 0.05) is 0 Å². The molecule has 0 radical (unpaired) electrons. The van der Waals surface area contributed by atoms with Crippen LogP contribution in [0.4, 0.5) is 0 Å². The van der Waals surface area contributed by atoms with Crippen LogP contribution in [-0.4, -0.2) is 6.61 Å². The molecule has 1 aliphatic rings. The van der Waals surface area contributed by atoms with Gasteiger partial charge in [0.05, 0.1) is 0 Å². The highest BCUT2D eigenvalue weighted by Crippen LogP contribution is 2.11. The first kappa shape index (κ1) is 5.42. The number of ether oxygens (including phenoxy) is 1. The van der Waals surface area contributed by atoms with E-state index in [1.54, 1.807) is 0 Å². The lowest BCUT2D eigenvalue weighted by Gasteiger charge is -1.97. The molecule has 0 atom stereocenters. The maximum atomic E-state index is 5.18. The predicted molar refractivity (Wildman–Crippen MR) is 33.5 cm³/mol. The molecule has 44 valence electrons. The van der Waals surface area contributed by atoms with Crippen molar-refractivity contribution in [3.63, 3.8) is 0 Å². The second-order valence-corrected chi connectivity index (χ2v) is 2.08. The van der Waals surface area contributed by atoms with Gasteiger partial charge in [-0.2, -0.15) is 0 Å². The number of hydrogen-bond acceptors (Lipinski definition) is 1. The molecule has 0 fully saturated rings. The Morgan fingerprint density at radius 2 is 2.38 bits per heavy atom. The molecule has 1 heterocycles. The van der Waals surface area contributed by atoms with Crippen molar-refractivity contribution in [2.45, 2.75) is 13.8 Å². The van der Waals surface area contributed by atoms with Crippen LogP contribution >= 0.6 is 0 Å². The lowest BCUT2D eigenvalue weighted by atomic mass is 10.3. The summed E-state index contributed by atoms with van der Waals surface area (Å²) in [5.41, 5.74) is 1.25. The molecule has 0 N–H and O–H groups in total. The summed E-state index contributed by atoms with van der Waals surface area (Å²) in [6, 6.07) is 0. The Kier molecular flexibility index (Phi) is 1.38. The zero-order valence-electron chi connectivity index (χ0n) is 5.27. The predicted octanol–water partition coefficient (Wildman–Crippen LogP) is 1.87. The van der Waals surface area contributed by atoms with Gasteiger partial charge in [-0.3, -0.25) is 0 Å². The van der Waals surface area contributed by atoms with Crippen LogP contribution in [0.3, 0.4) is 0 Å². The summed E-state index contributed by atoms with van der Waals surface area (Å²) in [5.74, 6) is 1.03. The summed E-state index contributed by atoms with van der Waals surface area (Å²) in [7, 11) is 0. The maximum Gasteiger partial charge on any atom is 0.118 e. The van der Waals surface area contributed by atoms with Gasteiger partial charge in [0.15, 0.2) is 0 Å². The molecule has 0 unspecified atom stereocenters. The normalized spacial score (nSPS) is 16.5. The maximum absolute atomic E-state index is 5.18. The van der Waals surface area contributed by atoms with E-state index in [0.717, 1.165) is 12.4 Å². The quantitative estimate of drug-likeness (QED) is 0.462. The Labute approximate surface area is 49.7 Å². The fraction of sp³-hybridized carbons (Fsp3) is 0.429. The molecular weight excluding hydrogens is 100 g/mol. The number of rotatable bonds is 0. The first-order valence-corrected chi connectivity index (χ1v) is 2.77. The summed E-state index contributed by atoms with van der Waals surface area (Å²) in [5, 5.41) is 0. The van der Waals surface area contributed by atoms with E-state index in [2.05, 4.69) is 0 Å². The summed E-state index contributed by atoms with van der Waals surface area (Å²) in [4.78, 5) is 0. The highest BCUT2D eigenvalue weighted by atomic mass is 16.5. The molecule has 0 aromatic rings. The molecule has 0 bridgehead atoms. The van der Waals surface area contributed by atoms with Gasteiger partial charge in [0.1, 0.15) is 12.4 Å². The lowest BCUT2D eigenvalue weighted by molar-refractivity contribution is 0.275. The Morgan fingerprint density at radius 1 is 1.62 bits per heavy atom. The second kappa shape index (κ2) is 2.03. The van der Waals surface area contributed by atoms with Gasteiger partial charge in [0.25, 0.3) is 0 Å². The second-order valence-electron chi connectivity index (χ2n) is 2.08. The van der Waals surface area contributed by atoms with Crippen LogP contribution in [0.25, 0.3) is 0 Å². The minimum absolute atomic E-state index is 0.751. The SMILES string of the molecule is CC(C)=C1C=CCO1. The fourth-order valence-corrected chi connectivity index (χ4v) is 0.652. The van der Waals surface area contributed by atoms with E-state index in [-0.39, 0.29) is 0 Å². The third kappa shape index (κ3) is 0.915. The summed E-state index contributed by atoms with van der Waals surface area (Å²) >= 11 is 0. The molecule has 0 spiro atoms. The van der Waals surface area contributed by atoms with Gasteiger partial charge in [-0.15, -0.1) is 0 Å². The molecule has 0 aromatic heterocycles. The minimum atomic E-state index is 0.751. The molecule has 0 saturated carbocycles. The largest absolute Gasteiger partial charge is 0.490 e. The van der Waals surface area contributed by atoms with Crippen molar-refractivity contribution in [2.75, 3.05) is 6.61 Å². The molecule has 0 saturated heterocycles. The van der Waals surface area contributed by atoms with Gasteiger partial charge < -0.3 is 4.74 Å². The van der Waals surface area contributed by atoms with E-state index < -0.39 is 0 Å². The van der Waals surface area contributed by atoms with Crippen LogP contribution in [-0.2, 0) is 4.74 Å². The molecule has 1 heteroatoms. The van der Waals surface area contributed by atoms with E-state index in [1.165, 1.54) is 5.57 Å². The highest BCUT2D eigenvalue weighted by Gasteiger charge is 1.99. The molecule has 1 aliphatic heterocycles. The van der Waals surface area contributed by atoms with Crippen LogP contribution in [0.2, 0.25) is 0 Å². The average Bonchev–Trinajstić information content (AvgIpc) is 2.12. The lowest BCUT2D eigenvalue weighted by Crippen LogP contribution is -1.81. The van der Waals surface area contributed by atoms with Crippen molar-refractivity contribution in [3.05, 3.63) is 23.5 Å². The van der Waals surface area contributed by atoms with Gasteiger partial charge in [-0.25, -0.2) is 0 Å². The molecule has 1 nitrogen and oxygen atoms in total. The third-order valence-electron chi connectivity index (χ3n) is 1.10. The van der Waals surface area contributed by atoms with E-state index in [4.69, 9.17) is 4.74 Å². The van der Waals surface area contributed by atoms with Crippen LogP contribution in [0.5, 0.6) is 0 Å². The Bertz CT molecular complexity index is 138. The van der Waals surface area contributed by atoms with E-state index >= 15 is 0 Å².